The van der Waals surface area contributed by atoms with E-state index in [2.05, 4.69) is 0 Å². The number of ether oxygens (including phenoxy) is 5. The van der Waals surface area contributed by atoms with E-state index >= 15 is 0 Å². The molecule has 0 bridgehead atoms. The molecule has 34 heavy (non-hydrogen) atoms. The quantitative estimate of drug-likeness (QED) is 0.162. The molecule has 0 saturated carbocycles. The van der Waals surface area contributed by atoms with E-state index in [4.69, 9.17) is 28.8 Å². The Bertz CT molecular complexity index is 695. The summed E-state index contributed by atoms with van der Waals surface area (Å²) < 4.78 is 25.8. The topological polar surface area (TPSA) is 266 Å². The van der Waals surface area contributed by atoms with Gasteiger partial charge in [0.25, 0.3) is 0 Å². The maximum atomic E-state index is 11.2. The van der Waals surface area contributed by atoms with E-state index in [0.717, 1.165) is 0 Å². The van der Waals surface area contributed by atoms with Gasteiger partial charge in [-0.05, 0) is 6.92 Å². The van der Waals surface area contributed by atoms with Gasteiger partial charge in [0.05, 0.1) is 12.7 Å². The highest BCUT2D eigenvalue weighted by atomic mass is 16.7. The van der Waals surface area contributed by atoms with Crippen LogP contribution in [0.1, 0.15) is 6.92 Å². The molecular weight excluding hydrogens is 472 g/mol. The van der Waals surface area contributed by atoms with Crippen LogP contribution in [-0.2, 0) is 28.5 Å². The van der Waals surface area contributed by atoms with Crippen molar-refractivity contribution in [1.82, 2.24) is 0 Å². The number of carboxylic acids is 1. The fourth-order valence-electron chi connectivity index (χ4n) is 3.87. The van der Waals surface area contributed by atoms with Crippen LogP contribution in [0.5, 0.6) is 0 Å². The van der Waals surface area contributed by atoms with Crippen LogP contribution in [0.25, 0.3) is 0 Å². The van der Waals surface area contributed by atoms with Crippen molar-refractivity contribution in [1.29, 1.82) is 0 Å². The average molecular weight is 502 g/mol. The summed E-state index contributed by atoms with van der Waals surface area (Å²) in [6, 6.07) is 0. The first-order valence-corrected chi connectivity index (χ1v) is 10.4. The Hall–Kier alpha value is -1.09. The number of hydrogen-bond acceptors (Lipinski definition) is 15. The molecule has 16 heteroatoms. The van der Waals surface area contributed by atoms with Gasteiger partial charge in [0, 0.05) is 0 Å². The van der Waals surface area contributed by atoms with Crippen LogP contribution in [0.3, 0.4) is 0 Å². The summed E-state index contributed by atoms with van der Waals surface area (Å²) in [7, 11) is 0. The molecule has 15 unspecified atom stereocenters. The van der Waals surface area contributed by atoms with E-state index in [1.165, 1.54) is 6.92 Å². The highest BCUT2D eigenvalue weighted by Crippen LogP contribution is 2.29. The number of aliphatic hydroxyl groups is 9. The minimum absolute atomic E-state index is 0.562. The van der Waals surface area contributed by atoms with Crippen LogP contribution < -0.4 is 0 Å². The van der Waals surface area contributed by atoms with Crippen LogP contribution in [-0.4, -0.2) is 156 Å². The highest BCUT2D eigenvalue weighted by molar-refractivity contribution is 5.73. The van der Waals surface area contributed by atoms with Crippen LogP contribution >= 0.6 is 0 Å². The van der Waals surface area contributed by atoms with E-state index < -0.39 is 105 Å². The summed E-state index contributed by atoms with van der Waals surface area (Å²) in [4.78, 5) is 11.2. The largest absolute Gasteiger partial charge is 0.479 e. The summed E-state index contributed by atoms with van der Waals surface area (Å²) in [5, 5.41) is 99.2. The molecule has 0 spiro atoms. The van der Waals surface area contributed by atoms with Crippen molar-refractivity contribution >= 4 is 5.97 Å². The Morgan fingerprint density at radius 2 is 1.29 bits per heavy atom. The highest BCUT2D eigenvalue weighted by Gasteiger charge is 2.52. The second kappa shape index (κ2) is 10.9. The van der Waals surface area contributed by atoms with Crippen molar-refractivity contribution in [3.63, 3.8) is 0 Å². The third-order valence-corrected chi connectivity index (χ3v) is 6.00. The molecule has 10 N–H and O–H groups in total. The van der Waals surface area contributed by atoms with Crippen molar-refractivity contribution in [3.8, 4) is 0 Å². The molecule has 0 aromatic rings. The molecule has 3 aliphatic heterocycles. The van der Waals surface area contributed by atoms with Gasteiger partial charge in [0.15, 0.2) is 25.0 Å². The lowest BCUT2D eigenvalue weighted by atomic mass is 9.97. The first-order valence-electron chi connectivity index (χ1n) is 10.4. The van der Waals surface area contributed by atoms with Gasteiger partial charge in [-0.15, -0.1) is 0 Å². The Balaban J connectivity index is 1.61. The SMILES string of the molecule is CC1OC(OCC2OC(O)C(OC3OC(C(=O)O)C(O)C(O)C3O)C(O)C2O)C(O)C(O)C1O. The van der Waals surface area contributed by atoms with E-state index in [-0.39, 0.29) is 0 Å². The molecule has 15 atom stereocenters. The Kier molecular flexibility index (Phi) is 8.81. The van der Waals surface area contributed by atoms with Crippen LogP contribution in [0.4, 0.5) is 0 Å². The third kappa shape index (κ3) is 5.35. The number of aliphatic carboxylic acids is 1. The smallest absolute Gasteiger partial charge is 0.335 e. The molecule has 0 aromatic heterocycles. The number of carboxylic acid groups (broad SMARTS) is 1. The lowest BCUT2D eigenvalue weighted by Gasteiger charge is -2.45. The molecule has 3 saturated heterocycles. The van der Waals surface area contributed by atoms with Crippen LogP contribution in [0.15, 0.2) is 0 Å². The fraction of sp³-hybridized carbons (Fsp3) is 0.944. The van der Waals surface area contributed by atoms with Crippen molar-refractivity contribution in [2.45, 2.75) is 99.0 Å². The van der Waals surface area contributed by atoms with E-state index in [9.17, 15) is 50.8 Å². The normalized spacial score (nSPS) is 52.4. The number of aliphatic hydroxyl groups excluding tert-OH is 9. The monoisotopic (exact) mass is 502 g/mol. The average Bonchev–Trinajstić information content (AvgIpc) is 2.79. The predicted molar refractivity (Wildman–Crippen MR) is 100 cm³/mol. The minimum atomic E-state index is -2.00. The summed E-state index contributed by atoms with van der Waals surface area (Å²) in [6.45, 7) is 0.859. The lowest BCUT2D eigenvalue weighted by Crippen LogP contribution is -2.65. The fourth-order valence-corrected chi connectivity index (χ4v) is 3.87. The van der Waals surface area contributed by atoms with E-state index in [1.54, 1.807) is 0 Å². The number of hydrogen-bond donors (Lipinski definition) is 10. The number of carbonyl (C=O) groups is 1. The molecule has 16 nitrogen and oxygen atoms in total. The Morgan fingerprint density at radius 3 is 1.91 bits per heavy atom. The molecule has 0 aromatic carbocycles. The zero-order chi connectivity index (χ0) is 25.5. The van der Waals surface area contributed by atoms with Crippen LogP contribution in [0, 0.1) is 0 Å². The molecule has 198 valence electrons. The van der Waals surface area contributed by atoms with Gasteiger partial charge in [-0.25, -0.2) is 4.79 Å². The zero-order valence-corrected chi connectivity index (χ0v) is 17.8. The predicted octanol–water partition coefficient (Wildman–Crippen LogP) is -6.45. The van der Waals surface area contributed by atoms with Crippen molar-refractivity contribution in [2.75, 3.05) is 6.61 Å². The first kappa shape index (κ1) is 27.5. The summed E-state index contributed by atoms with van der Waals surface area (Å²) in [6.07, 6.45) is -25.7. The van der Waals surface area contributed by atoms with E-state index in [1.807, 2.05) is 0 Å². The summed E-state index contributed by atoms with van der Waals surface area (Å²) >= 11 is 0. The van der Waals surface area contributed by atoms with Crippen LogP contribution in [0.2, 0.25) is 0 Å². The van der Waals surface area contributed by atoms with Gasteiger partial charge in [-0.1, -0.05) is 0 Å². The minimum Gasteiger partial charge on any atom is -0.479 e. The molecule has 3 heterocycles. The molecule has 3 rings (SSSR count). The molecule has 3 fully saturated rings. The van der Waals surface area contributed by atoms with Crippen molar-refractivity contribution in [2.24, 2.45) is 0 Å². The maximum Gasteiger partial charge on any atom is 0.335 e. The second-order valence-electron chi connectivity index (χ2n) is 8.40. The van der Waals surface area contributed by atoms with Gasteiger partial charge in [-0.3, -0.25) is 0 Å². The van der Waals surface area contributed by atoms with Crippen molar-refractivity contribution in [3.05, 3.63) is 0 Å². The van der Waals surface area contributed by atoms with Gasteiger partial charge in [-0.2, -0.15) is 0 Å². The Morgan fingerprint density at radius 1 is 0.706 bits per heavy atom. The molecular formula is C18H30O16. The van der Waals surface area contributed by atoms with Gasteiger partial charge in [0.1, 0.15) is 61.0 Å². The lowest BCUT2D eigenvalue weighted by molar-refractivity contribution is -0.363. The van der Waals surface area contributed by atoms with Gasteiger partial charge >= 0.3 is 5.97 Å². The maximum absolute atomic E-state index is 11.2. The van der Waals surface area contributed by atoms with E-state index in [0.29, 0.717) is 0 Å². The molecule has 3 aliphatic rings. The van der Waals surface area contributed by atoms with Gasteiger partial charge < -0.3 is 74.7 Å². The second-order valence-corrected chi connectivity index (χ2v) is 8.40. The molecule has 0 aliphatic carbocycles. The summed E-state index contributed by atoms with van der Waals surface area (Å²) in [5.41, 5.74) is 0. The zero-order valence-electron chi connectivity index (χ0n) is 17.8. The first-order chi connectivity index (χ1) is 15.8. The third-order valence-electron chi connectivity index (χ3n) is 6.00. The molecule has 0 amide bonds. The van der Waals surface area contributed by atoms with Gasteiger partial charge in [0.2, 0.25) is 0 Å². The Labute approximate surface area is 192 Å². The number of rotatable bonds is 6. The standard InChI is InChI=1S/C18H30O16/c1-3-5(19)7(21)11(25)17(31-3)30-2-4-6(20)9(23)14(16(29)32-4)34-18-12(26)8(22)10(24)13(33-18)15(27)28/h3-14,16-26,29H,2H2,1H3,(H,27,28). The molecule has 0 radical (unpaired) electrons. The summed E-state index contributed by atoms with van der Waals surface area (Å²) in [5.74, 6) is -1.68. The van der Waals surface area contributed by atoms with Crippen molar-refractivity contribution < 1.29 is 79.5 Å².